The van der Waals surface area contributed by atoms with Gasteiger partial charge in [-0.1, -0.05) is 18.2 Å². The maximum Gasteiger partial charge on any atom is 0.319 e. The molecule has 2 aromatic carbocycles. The van der Waals surface area contributed by atoms with E-state index in [-0.39, 0.29) is 11.8 Å². The largest absolute Gasteiger partial charge is 0.496 e. The van der Waals surface area contributed by atoms with Gasteiger partial charge in [-0.3, -0.25) is 4.79 Å². The van der Waals surface area contributed by atoms with Gasteiger partial charge in [0.25, 0.3) is 0 Å². The first-order valence-electron chi connectivity index (χ1n) is 8.70. The Bertz CT molecular complexity index is 1040. The summed E-state index contributed by atoms with van der Waals surface area (Å²) in [4.78, 5) is 29.1. The summed E-state index contributed by atoms with van der Waals surface area (Å²) in [5, 5.41) is 5.38. The van der Waals surface area contributed by atoms with Gasteiger partial charge in [-0.25, -0.2) is 9.78 Å². The van der Waals surface area contributed by atoms with Crippen molar-refractivity contribution in [1.82, 2.24) is 20.2 Å². The Morgan fingerprint density at radius 1 is 1.14 bits per heavy atom. The molecule has 0 saturated carbocycles. The highest BCUT2D eigenvalue weighted by Gasteiger charge is 2.30. The number of para-hydroxylation sites is 1. The molecule has 0 spiro atoms. The zero-order valence-corrected chi connectivity index (χ0v) is 15.1. The minimum Gasteiger partial charge on any atom is -0.496 e. The molecule has 2 heterocycles. The first kappa shape index (κ1) is 17.5. The number of carbonyl (C=O) groups is 2. The number of imidazole rings is 1. The number of benzene rings is 2. The fourth-order valence-corrected chi connectivity index (χ4v) is 3.19. The summed E-state index contributed by atoms with van der Waals surface area (Å²) in [6.07, 6.45) is 6.68. The van der Waals surface area contributed by atoms with Crippen LogP contribution in [-0.4, -0.2) is 28.5 Å². The summed E-state index contributed by atoms with van der Waals surface area (Å²) in [7, 11) is 1.56. The molecule has 0 saturated heterocycles. The minimum atomic E-state index is -0.606. The summed E-state index contributed by atoms with van der Waals surface area (Å²) in [5.41, 5.74) is 2.57. The number of hydrogen-bond acceptors (Lipinski definition) is 4. The normalized spacial score (nSPS) is 16.0. The molecule has 4 rings (SSSR count). The average molecular weight is 374 g/mol. The van der Waals surface area contributed by atoms with E-state index in [0.717, 1.165) is 11.3 Å². The smallest absolute Gasteiger partial charge is 0.319 e. The molecule has 2 N–H and O–H groups in total. The van der Waals surface area contributed by atoms with Gasteiger partial charge >= 0.3 is 6.03 Å². The van der Waals surface area contributed by atoms with E-state index in [1.54, 1.807) is 37.8 Å². The molecule has 1 atom stereocenters. The van der Waals surface area contributed by atoms with Crippen LogP contribution in [0.15, 0.2) is 79.0 Å². The molecule has 28 heavy (non-hydrogen) atoms. The summed E-state index contributed by atoms with van der Waals surface area (Å²) < 4.78 is 7.26. The fraction of sp³-hybridized carbons (Fsp3) is 0.0952. The number of rotatable bonds is 5. The number of nitrogens with one attached hydrogen (secondary N) is 2. The maximum atomic E-state index is 13.2. The molecular weight excluding hydrogens is 356 g/mol. The molecule has 3 aromatic rings. The zero-order chi connectivity index (χ0) is 19.5. The Labute approximate surface area is 161 Å². The van der Waals surface area contributed by atoms with Gasteiger partial charge in [-0.05, 0) is 30.3 Å². The Kier molecular flexibility index (Phi) is 4.63. The molecule has 0 radical (unpaired) electrons. The lowest BCUT2D eigenvalue weighted by atomic mass is 9.91. The van der Waals surface area contributed by atoms with Crippen LogP contribution in [0.5, 0.6) is 5.75 Å². The first-order chi connectivity index (χ1) is 13.7. The van der Waals surface area contributed by atoms with E-state index < -0.39 is 6.04 Å². The predicted octanol–water partition coefficient (Wildman–Crippen LogP) is 3.00. The number of amides is 2. The molecule has 1 aliphatic rings. The van der Waals surface area contributed by atoms with Gasteiger partial charge in [0.2, 0.25) is 0 Å². The molecule has 7 heteroatoms. The van der Waals surface area contributed by atoms with Crippen molar-refractivity contribution in [1.29, 1.82) is 0 Å². The van der Waals surface area contributed by atoms with Crippen molar-refractivity contribution in [2.75, 3.05) is 7.11 Å². The summed E-state index contributed by atoms with van der Waals surface area (Å²) in [6, 6.07) is 13.5. The highest BCUT2D eigenvalue weighted by molar-refractivity contribution is 6.10. The van der Waals surface area contributed by atoms with Gasteiger partial charge in [0.15, 0.2) is 5.78 Å². The van der Waals surface area contributed by atoms with E-state index in [1.165, 1.54) is 6.20 Å². The predicted molar refractivity (Wildman–Crippen MR) is 103 cm³/mol. The summed E-state index contributed by atoms with van der Waals surface area (Å²) in [5.74, 6) is 0.421. The lowest BCUT2D eigenvalue weighted by Gasteiger charge is -2.26. The monoisotopic (exact) mass is 374 g/mol. The van der Waals surface area contributed by atoms with E-state index in [4.69, 9.17) is 4.74 Å². The van der Waals surface area contributed by atoms with Crippen LogP contribution in [0.1, 0.15) is 22.0 Å². The van der Waals surface area contributed by atoms with Crippen molar-refractivity contribution in [3.63, 3.8) is 0 Å². The van der Waals surface area contributed by atoms with Crippen LogP contribution in [-0.2, 0) is 0 Å². The number of ketones is 1. The SMILES string of the molecule is COc1ccccc1C1NC(=O)NC=C1C(=O)c1ccc(-n2ccnc2)cc1. The molecule has 1 aliphatic heterocycles. The number of hydrogen-bond donors (Lipinski definition) is 2. The molecule has 1 aromatic heterocycles. The number of Topliss-reactive ketones (excluding diaryl/α,β-unsaturated/α-hetero) is 1. The van der Waals surface area contributed by atoms with Crippen molar-refractivity contribution in [2.24, 2.45) is 0 Å². The minimum absolute atomic E-state index is 0.180. The molecule has 0 aliphatic carbocycles. The van der Waals surface area contributed by atoms with Crippen LogP contribution in [0.3, 0.4) is 0 Å². The highest BCUT2D eigenvalue weighted by atomic mass is 16.5. The number of aromatic nitrogens is 2. The van der Waals surface area contributed by atoms with Crippen LogP contribution in [0.25, 0.3) is 5.69 Å². The van der Waals surface area contributed by atoms with E-state index in [1.807, 2.05) is 41.1 Å². The van der Waals surface area contributed by atoms with E-state index in [2.05, 4.69) is 15.6 Å². The lowest BCUT2D eigenvalue weighted by molar-refractivity contribution is 0.102. The first-order valence-corrected chi connectivity index (χ1v) is 8.70. The third kappa shape index (κ3) is 3.25. The quantitative estimate of drug-likeness (QED) is 0.673. The zero-order valence-electron chi connectivity index (χ0n) is 15.1. The molecule has 0 fully saturated rings. The van der Waals surface area contributed by atoms with Crippen molar-refractivity contribution >= 4 is 11.8 Å². The standard InChI is InChI=1S/C21H18N4O3/c1-28-18-5-3-2-4-16(18)19-17(12-23-21(27)24-19)20(26)14-6-8-15(9-7-14)25-11-10-22-13-25/h2-13,19H,1H3,(H2,23,24,27). The van der Waals surface area contributed by atoms with E-state index >= 15 is 0 Å². The van der Waals surface area contributed by atoms with Crippen molar-refractivity contribution in [2.45, 2.75) is 6.04 Å². The molecular formula is C21H18N4O3. The second kappa shape index (κ2) is 7.40. The molecule has 2 amide bonds. The number of carbonyl (C=O) groups excluding carboxylic acids is 2. The van der Waals surface area contributed by atoms with Gasteiger partial charge in [-0.15, -0.1) is 0 Å². The van der Waals surface area contributed by atoms with Crippen LogP contribution >= 0.6 is 0 Å². The lowest BCUT2D eigenvalue weighted by Crippen LogP contribution is -2.42. The van der Waals surface area contributed by atoms with Gasteiger partial charge in [0.05, 0.1) is 19.5 Å². The third-order valence-electron chi connectivity index (χ3n) is 4.59. The van der Waals surface area contributed by atoms with Crippen molar-refractivity contribution in [3.05, 3.63) is 90.2 Å². The van der Waals surface area contributed by atoms with Crippen LogP contribution in [0.4, 0.5) is 4.79 Å². The van der Waals surface area contributed by atoms with Gasteiger partial charge in [0, 0.05) is 41.0 Å². The van der Waals surface area contributed by atoms with Gasteiger partial charge < -0.3 is 19.9 Å². The van der Waals surface area contributed by atoms with Crippen LogP contribution < -0.4 is 15.4 Å². The summed E-state index contributed by atoms with van der Waals surface area (Å²) >= 11 is 0. The van der Waals surface area contributed by atoms with Crippen LogP contribution in [0.2, 0.25) is 0 Å². The fourth-order valence-electron chi connectivity index (χ4n) is 3.19. The number of ether oxygens (including phenoxy) is 1. The Morgan fingerprint density at radius 3 is 2.64 bits per heavy atom. The Hall–Kier alpha value is -3.87. The summed E-state index contributed by atoms with van der Waals surface area (Å²) in [6.45, 7) is 0. The average Bonchev–Trinajstić information content (AvgIpc) is 3.28. The molecule has 7 nitrogen and oxygen atoms in total. The molecule has 140 valence electrons. The number of methoxy groups -OCH3 is 1. The Balaban J connectivity index is 1.67. The van der Waals surface area contributed by atoms with Crippen LogP contribution in [0, 0.1) is 0 Å². The Morgan fingerprint density at radius 2 is 1.93 bits per heavy atom. The third-order valence-corrected chi connectivity index (χ3v) is 4.59. The number of urea groups is 1. The van der Waals surface area contributed by atoms with Gasteiger partial charge in [-0.2, -0.15) is 0 Å². The van der Waals surface area contributed by atoms with E-state index in [0.29, 0.717) is 16.9 Å². The van der Waals surface area contributed by atoms with Crippen molar-refractivity contribution < 1.29 is 14.3 Å². The molecule has 1 unspecified atom stereocenters. The molecule has 0 bridgehead atoms. The topological polar surface area (TPSA) is 85.3 Å². The van der Waals surface area contributed by atoms with Gasteiger partial charge in [0.1, 0.15) is 5.75 Å². The highest BCUT2D eigenvalue weighted by Crippen LogP contribution is 2.32. The van der Waals surface area contributed by atoms with Crippen molar-refractivity contribution in [3.8, 4) is 11.4 Å². The second-order valence-corrected chi connectivity index (χ2v) is 6.24. The maximum absolute atomic E-state index is 13.2. The second-order valence-electron chi connectivity index (χ2n) is 6.24. The van der Waals surface area contributed by atoms with E-state index in [9.17, 15) is 9.59 Å². The number of nitrogens with zero attached hydrogens (tertiary/aromatic N) is 2.